The second-order valence-corrected chi connectivity index (χ2v) is 4.62. The SMILES string of the molecule is Cc1cccc(C)c1NC(=O)NC1=NCCOCCN1. The molecule has 3 N–H and O–H groups in total. The van der Waals surface area contributed by atoms with E-state index in [1.807, 2.05) is 32.0 Å². The minimum Gasteiger partial charge on any atom is -0.378 e. The molecular weight excluding hydrogens is 256 g/mol. The Hall–Kier alpha value is -2.08. The number of guanidine groups is 1. The van der Waals surface area contributed by atoms with Gasteiger partial charge in [-0.1, -0.05) is 18.2 Å². The smallest absolute Gasteiger partial charge is 0.326 e. The number of carbonyl (C=O) groups excluding carboxylic acids is 1. The summed E-state index contributed by atoms with van der Waals surface area (Å²) in [6.07, 6.45) is 0. The Balaban J connectivity index is 1.98. The summed E-state index contributed by atoms with van der Waals surface area (Å²) in [5.41, 5.74) is 2.89. The van der Waals surface area contributed by atoms with Gasteiger partial charge >= 0.3 is 6.03 Å². The Morgan fingerprint density at radius 1 is 1.25 bits per heavy atom. The third kappa shape index (κ3) is 3.96. The standard InChI is InChI=1S/C14H20N4O2/c1-10-4-3-5-11(2)12(10)17-14(19)18-13-15-6-8-20-9-7-16-13/h3-5H,6-9H2,1-2H3,(H3,15,16,17,18,19). The highest BCUT2D eigenvalue weighted by Crippen LogP contribution is 2.18. The average Bonchev–Trinajstić information content (AvgIpc) is 2.37. The van der Waals surface area contributed by atoms with E-state index in [4.69, 9.17) is 4.74 Å². The van der Waals surface area contributed by atoms with Crippen LogP contribution in [0.15, 0.2) is 23.2 Å². The molecule has 0 unspecified atom stereocenters. The third-order valence-corrected chi connectivity index (χ3v) is 3.00. The molecule has 0 spiro atoms. The number of carbonyl (C=O) groups is 1. The molecule has 1 aromatic carbocycles. The van der Waals surface area contributed by atoms with Gasteiger partial charge in [0.15, 0.2) is 5.96 Å². The number of hydrogen-bond donors (Lipinski definition) is 3. The Morgan fingerprint density at radius 2 is 2.00 bits per heavy atom. The molecule has 0 saturated carbocycles. The minimum atomic E-state index is -0.296. The topological polar surface area (TPSA) is 74.8 Å². The summed E-state index contributed by atoms with van der Waals surface area (Å²) in [7, 11) is 0. The van der Waals surface area contributed by atoms with Crippen molar-refractivity contribution in [3.8, 4) is 0 Å². The highest BCUT2D eigenvalue weighted by molar-refractivity contribution is 6.03. The Morgan fingerprint density at radius 3 is 2.75 bits per heavy atom. The van der Waals surface area contributed by atoms with Gasteiger partial charge in [0.2, 0.25) is 0 Å². The zero-order chi connectivity index (χ0) is 14.4. The lowest BCUT2D eigenvalue weighted by Crippen LogP contribution is -2.45. The maximum Gasteiger partial charge on any atom is 0.326 e. The van der Waals surface area contributed by atoms with Crippen LogP contribution < -0.4 is 16.0 Å². The highest BCUT2D eigenvalue weighted by atomic mass is 16.5. The van der Waals surface area contributed by atoms with Crippen molar-refractivity contribution in [2.45, 2.75) is 13.8 Å². The number of para-hydroxylation sites is 1. The van der Waals surface area contributed by atoms with Gasteiger partial charge in [-0.2, -0.15) is 0 Å². The number of ether oxygens (including phenoxy) is 1. The first-order valence-electron chi connectivity index (χ1n) is 6.67. The number of nitrogens with one attached hydrogen (secondary N) is 3. The number of rotatable bonds is 1. The number of benzene rings is 1. The molecule has 0 bridgehead atoms. The molecule has 1 aliphatic heterocycles. The molecule has 6 nitrogen and oxygen atoms in total. The first-order chi connectivity index (χ1) is 9.66. The van der Waals surface area contributed by atoms with Gasteiger partial charge in [-0.05, 0) is 25.0 Å². The number of urea groups is 1. The summed E-state index contributed by atoms with van der Waals surface area (Å²) in [4.78, 5) is 16.2. The maximum absolute atomic E-state index is 12.0. The van der Waals surface area contributed by atoms with Crippen molar-refractivity contribution in [3.05, 3.63) is 29.3 Å². The minimum absolute atomic E-state index is 0.296. The Bertz CT molecular complexity index is 494. The van der Waals surface area contributed by atoms with Crippen LogP contribution in [0.5, 0.6) is 0 Å². The van der Waals surface area contributed by atoms with E-state index in [-0.39, 0.29) is 6.03 Å². The van der Waals surface area contributed by atoms with Crippen molar-refractivity contribution < 1.29 is 9.53 Å². The van der Waals surface area contributed by atoms with Crippen molar-refractivity contribution in [3.63, 3.8) is 0 Å². The van der Waals surface area contributed by atoms with Gasteiger partial charge in [0.25, 0.3) is 0 Å². The lowest BCUT2D eigenvalue weighted by Gasteiger charge is -2.16. The number of anilines is 1. The average molecular weight is 276 g/mol. The first kappa shape index (κ1) is 14.3. The van der Waals surface area contributed by atoms with E-state index in [2.05, 4.69) is 20.9 Å². The molecule has 0 radical (unpaired) electrons. The quantitative estimate of drug-likeness (QED) is 0.726. The summed E-state index contributed by atoms with van der Waals surface area (Å²) >= 11 is 0. The van der Waals surface area contributed by atoms with Crippen LogP contribution in [0.25, 0.3) is 0 Å². The van der Waals surface area contributed by atoms with Crippen molar-refractivity contribution in [1.82, 2.24) is 10.6 Å². The Kier molecular flexibility index (Phi) is 4.95. The van der Waals surface area contributed by atoms with Crippen LogP contribution >= 0.6 is 0 Å². The van der Waals surface area contributed by atoms with Gasteiger partial charge in [0, 0.05) is 12.2 Å². The highest BCUT2D eigenvalue weighted by Gasteiger charge is 2.10. The summed E-state index contributed by atoms with van der Waals surface area (Å²) in [6.45, 7) is 6.27. The van der Waals surface area contributed by atoms with Crippen molar-refractivity contribution in [1.29, 1.82) is 0 Å². The van der Waals surface area contributed by atoms with Crippen LogP contribution in [-0.2, 0) is 4.74 Å². The van der Waals surface area contributed by atoms with Gasteiger partial charge in [-0.25, -0.2) is 4.79 Å². The fourth-order valence-electron chi connectivity index (χ4n) is 1.97. The van der Waals surface area contributed by atoms with Crippen molar-refractivity contribution >= 4 is 17.7 Å². The summed E-state index contributed by atoms with van der Waals surface area (Å²) in [5, 5.41) is 8.60. The molecular formula is C14H20N4O2. The predicted octanol–water partition coefficient (Wildman–Crippen LogP) is 1.40. The molecule has 1 aromatic rings. The van der Waals surface area contributed by atoms with E-state index < -0.39 is 0 Å². The molecule has 0 fully saturated rings. The molecule has 20 heavy (non-hydrogen) atoms. The molecule has 0 atom stereocenters. The van der Waals surface area contributed by atoms with Gasteiger partial charge in [-0.15, -0.1) is 0 Å². The number of nitrogens with zero attached hydrogens (tertiary/aromatic N) is 1. The van der Waals surface area contributed by atoms with Gasteiger partial charge in [-0.3, -0.25) is 10.3 Å². The van der Waals surface area contributed by atoms with E-state index in [1.54, 1.807) is 0 Å². The van der Waals surface area contributed by atoms with Gasteiger partial charge in [0.1, 0.15) is 0 Å². The molecule has 1 aliphatic rings. The third-order valence-electron chi connectivity index (χ3n) is 3.00. The summed E-state index contributed by atoms with van der Waals surface area (Å²) in [5.74, 6) is 0.483. The molecule has 1 heterocycles. The molecule has 2 amide bonds. The lowest BCUT2D eigenvalue weighted by molar-refractivity contribution is 0.143. The maximum atomic E-state index is 12.0. The van der Waals surface area contributed by atoms with Crippen LogP contribution in [0.2, 0.25) is 0 Å². The second kappa shape index (κ2) is 6.91. The lowest BCUT2D eigenvalue weighted by atomic mass is 10.1. The first-order valence-corrected chi connectivity index (χ1v) is 6.67. The van der Waals surface area contributed by atoms with Crippen molar-refractivity contribution in [2.75, 3.05) is 31.6 Å². The predicted molar refractivity (Wildman–Crippen MR) is 79.2 cm³/mol. The Labute approximate surface area is 118 Å². The van der Waals surface area contributed by atoms with E-state index in [0.717, 1.165) is 16.8 Å². The molecule has 108 valence electrons. The zero-order valence-electron chi connectivity index (χ0n) is 11.8. The van der Waals surface area contributed by atoms with E-state index in [1.165, 1.54) is 0 Å². The van der Waals surface area contributed by atoms with Gasteiger partial charge < -0.3 is 15.4 Å². The van der Waals surface area contributed by atoms with Crippen molar-refractivity contribution in [2.24, 2.45) is 4.99 Å². The monoisotopic (exact) mass is 276 g/mol. The molecule has 2 rings (SSSR count). The van der Waals surface area contributed by atoms with Gasteiger partial charge in [0.05, 0.1) is 19.8 Å². The molecule has 0 aromatic heterocycles. The summed E-state index contributed by atoms with van der Waals surface area (Å²) in [6, 6.07) is 5.60. The normalized spacial score (nSPS) is 15.4. The molecule has 0 saturated heterocycles. The number of aliphatic imine (C=N–C) groups is 1. The fourth-order valence-corrected chi connectivity index (χ4v) is 1.97. The molecule has 0 aliphatic carbocycles. The fraction of sp³-hybridized carbons (Fsp3) is 0.429. The van der Waals surface area contributed by atoms with E-state index >= 15 is 0 Å². The zero-order valence-corrected chi connectivity index (χ0v) is 11.8. The largest absolute Gasteiger partial charge is 0.378 e. The second-order valence-electron chi connectivity index (χ2n) is 4.62. The summed E-state index contributed by atoms with van der Waals surface area (Å²) < 4.78 is 5.26. The number of aryl methyl sites for hydroxylation is 2. The van der Waals surface area contributed by atoms with Crippen LogP contribution in [0.1, 0.15) is 11.1 Å². The van der Waals surface area contributed by atoms with Crippen LogP contribution in [0.4, 0.5) is 10.5 Å². The van der Waals surface area contributed by atoms with Crippen LogP contribution in [-0.4, -0.2) is 38.3 Å². The van der Waals surface area contributed by atoms with E-state index in [9.17, 15) is 4.79 Å². The number of amides is 2. The van der Waals surface area contributed by atoms with Crippen LogP contribution in [0.3, 0.4) is 0 Å². The number of hydrogen-bond acceptors (Lipinski definition) is 4. The van der Waals surface area contributed by atoms with E-state index in [0.29, 0.717) is 32.3 Å². The molecule has 6 heteroatoms. The van der Waals surface area contributed by atoms with Crippen LogP contribution in [0, 0.1) is 13.8 Å².